The van der Waals surface area contributed by atoms with Gasteiger partial charge in [0.05, 0.1) is 12.8 Å². The Labute approximate surface area is 182 Å². The lowest BCUT2D eigenvalue weighted by atomic mass is 9.99. The zero-order chi connectivity index (χ0) is 22.5. The Morgan fingerprint density at radius 2 is 1.93 bits per heavy atom. The monoisotopic (exact) mass is 413 g/mol. The number of rotatable bonds is 12. The number of carbonyl (C=O) groups is 1. The lowest BCUT2D eigenvalue weighted by Gasteiger charge is -2.15. The summed E-state index contributed by atoms with van der Waals surface area (Å²) in [5, 5.41) is 6.27. The van der Waals surface area contributed by atoms with Crippen molar-refractivity contribution >= 4 is 11.6 Å². The van der Waals surface area contributed by atoms with Gasteiger partial charge in [0.1, 0.15) is 5.75 Å². The van der Waals surface area contributed by atoms with Gasteiger partial charge >= 0.3 is 0 Å². The van der Waals surface area contributed by atoms with E-state index in [-0.39, 0.29) is 5.91 Å². The highest BCUT2D eigenvalue weighted by Gasteiger charge is 2.11. The molecule has 30 heavy (non-hydrogen) atoms. The number of ether oxygens (including phenoxy) is 1. The normalized spacial score (nSPS) is 12.7. The van der Waals surface area contributed by atoms with Crippen LogP contribution in [-0.4, -0.2) is 32.0 Å². The number of hydrogen-bond acceptors (Lipinski definition) is 4. The van der Waals surface area contributed by atoms with E-state index < -0.39 is 0 Å². The van der Waals surface area contributed by atoms with E-state index in [9.17, 15) is 4.79 Å². The molecule has 0 heterocycles. The Morgan fingerprint density at radius 1 is 1.20 bits per heavy atom. The van der Waals surface area contributed by atoms with Crippen molar-refractivity contribution in [3.63, 3.8) is 0 Å². The number of nitrogens with one attached hydrogen (secondary N) is 2. The van der Waals surface area contributed by atoms with Crippen molar-refractivity contribution in [3.05, 3.63) is 59.5 Å². The van der Waals surface area contributed by atoms with Gasteiger partial charge in [-0.3, -0.25) is 4.79 Å². The maximum absolute atomic E-state index is 12.7. The first-order valence-electron chi connectivity index (χ1n) is 10.7. The highest BCUT2D eigenvalue weighted by Crippen LogP contribution is 2.27. The van der Waals surface area contributed by atoms with Gasteiger partial charge in [0.2, 0.25) is 5.91 Å². The minimum atomic E-state index is -0.0227. The molecule has 1 amide bonds. The average Bonchev–Trinajstić information content (AvgIpc) is 2.69. The molecule has 0 unspecified atom stereocenters. The summed E-state index contributed by atoms with van der Waals surface area (Å²) in [4.78, 5) is 14.8. The van der Waals surface area contributed by atoms with E-state index in [1.165, 1.54) is 5.57 Å². The van der Waals surface area contributed by atoms with Gasteiger partial charge in [-0.05, 0) is 74.8 Å². The Balaban J connectivity index is 2.85. The van der Waals surface area contributed by atoms with Crippen molar-refractivity contribution in [2.75, 3.05) is 26.5 Å². The first-order valence-corrected chi connectivity index (χ1v) is 10.7. The van der Waals surface area contributed by atoms with Crippen molar-refractivity contribution < 1.29 is 9.53 Å². The standard InChI is InChI=1S/C25H39N3O2/c1-8-21(9-2)22(17-26-15-14-19(3)4)11-13-25(29)27-23-16-20(18-28(5)6)10-12-24(23)30-7/h8,10,12,14-17,19,26H,9,11,13,18H2,1-7H3,(H,27,29)/b15-14+,21-8+,22-17-. The van der Waals surface area contributed by atoms with Gasteiger partial charge in [0, 0.05) is 19.2 Å². The molecule has 0 atom stereocenters. The maximum Gasteiger partial charge on any atom is 0.224 e. The van der Waals surface area contributed by atoms with Crippen LogP contribution in [0.25, 0.3) is 0 Å². The minimum Gasteiger partial charge on any atom is -0.495 e. The largest absolute Gasteiger partial charge is 0.495 e. The van der Waals surface area contributed by atoms with Gasteiger partial charge in [-0.2, -0.15) is 0 Å². The summed E-state index contributed by atoms with van der Waals surface area (Å²) in [6.45, 7) is 9.25. The predicted octanol–water partition coefficient (Wildman–Crippen LogP) is 5.48. The van der Waals surface area contributed by atoms with Gasteiger partial charge in [-0.15, -0.1) is 0 Å². The second-order valence-corrected chi connectivity index (χ2v) is 7.93. The van der Waals surface area contributed by atoms with Gasteiger partial charge in [-0.25, -0.2) is 0 Å². The van der Waals surface area contributed by atoms with E-state index in [2.05, 4.69) is 48.5 Å². The maximum atomic E-state index is 12.7. The molecular formula is C25H39N3O2. The molecule has 2 N–H and O–H groups in total. The number of benzene rings is 1. The first-order chi connectivity index (χ1) is 14.3. The zero-order valence-electron chi connectivity index (χ0n) is 19.7. The molecule has 0 aliphatic carbocycles. The molecule has 0 bridgehead atoms. The smallest absolute Gasteiger partial charge is 0.224 e. The minimum absolute atomic E-state index is 0.0227. The van der Waals surface area contributed by atoms with Crippen molar-refractivity contribution in [2.24, 2.45) is 5.92 Å². The van der Waals surface area contributed by atoms with Gasteiger partial charge in [-0.1, -0.05) is 39.0 Å². The van der Waals surface area contributed by atoms with Crippen LogP contribution in [0.4, 0.5) is 5.69 Å². The summed E-state index contributed by atoms with van der Waals surface area (Å²) in [6.07, 6.45) is 10.2. The summed E-state index contributed by atoms with van der Waals surface area (Å²) in [5.41, 5.74) is 4.24. The van der Waals surface area contributed by atoms with Crippen LogP contribution < -0.4 is 15.4 Å². The molecular weight excluding hydrogens is 374 g/mol. The van der Waals surface area contributed by atoms with Crippen LogP contribution in [0.1, 0.15) is 52.5 Å². The van der Waals surface area contributed by atoms with Crippen LogP contribution in [0.15, 0.2) is 53.9 Å². The molecule has 0 aliphatic heterocycles. The SMILES string of the molecule is C/C=C(CC)/C(=C\N/C=C/C(C)C)CCC(=O)Nc1cc(CN(C)C)ccc1OC. The van der Waals surface area contributed by atoms with E-state index in [4.69, 9.17) is 4.74 Å². The highest BCUT2D eigenvalue weighted by atomic mass is 16.5. The van der Waals surface area contributed by atoms with E-state index in [0.29, 0.717) is 30.2 Å². The number of nitrogens with zero attached hydrogens (tertiary/aromatic N) is 1. The number of allylic oxidation sites excluding steroid dienone is 4. The van der Waals surface area contributed by atoms with Gasteiger partial charge in [0.25, 0.3) is 0 Å². The summed E-state index contributed by atoms with van der Waals surface area (Å²) in [7, 11) is 5.66. The second-order valence-electron chi connectivity index (χ2n) is 7.93. The molecule has 0 aliphatic rings. The fourth-order valence-electron chi connectivity index (χ4n) is 3.12. The average molecular weight is 414 g/mol. The fraction of sp³-hybridized carbons (Fsp3) is 0.480. The molecule has 0 radical (unpaired) electrons. The Kier molecular flexibility index (Phi) is 11.6. The van der Waals surface area contributed by atoms with Crippen molar-refractivity contribution in [1.29, 1.82) is 0 Å². The predicted molar refractivity (Wildman–Crippen MR) is 127 cm³/mol. The third-order valence-corrected chi connectivity index (χ3v) is 4.63. The van der Waals surface area contributed by atoms with Crippen molar-refractivity contribution in [3.8, 4) is 5.75 Å². The summed E-state index contributed by atoms with van der Waals surface area (Å²) < 4.78 is 5.42. The Hall–Kier alpha value is -2.53. The van der Waals surface area contributed by atoms with E-state index in [0.717, 1.165) is 24.1 Å². The third-order valence-electron chi connectivity index (χ3n) is 4.63. The summed E-state index contributed by atoms with van der Waals surface area (Å²) in [6, 6.07) is 5.90. The molecule has 1 aromatic carbocycles. The van der Waals surface area contributed by atoms with E-state index in [1.54, 1.807) is 7.11 Å². The van der Waals surface area contributed by atoms with Gasteiger partial charge in [0.15, 0.2) is 0 Å². The summed E-state index contributed by atoms with van der Waals surface area (Å²) in [5.74, 6) is 1.14. The Morgan fingerprint density at radius 3 is 2.50 bits per heavy atom. The molecule has 1 rings (SSSR count). The van der Waals surface area contributed by atoms with Crippen LogP contribution in [-0.2, 0) is 11.3 Å². The first kappa shape index (κ1) is 25.5. The second kappa shape index (κ2) is 13.6. The molecule has 0 aromatic heterocycles. The van der Waals surface area contributed by atoms with Crippen LogP contribution in [0, 0.1) is 5.92 Å². The lowest BCUT2D eigenvalue weighted by Crippen LogP contribution is -2.14. The van der Waals surface area contributed by atoms with Crippen LogP contribution >= 0.6 is 0 Å². The summed E-state index contributed by atoms with van der Waals surface area (Å²) >= 11 is 0. The number of anilines is 1. The number of amides is 1. The number of methoxy groups -OCH3 is 1. The van der Waals surface area contributed by atoms with Gasteiger partial charge < -0.3 is 20.3 Å². The molecule has 5 heteroatoms. The lowest BCUT2D eigenvalue weighted by molar-refractivity contribution is -0.116. The quantitative estimate of drug-likeness (QED) is 0.446. The topological polar surface area (TPSA) is 53.6 Å². The highest BCUT2D eigenvalue weighted by molar-refractivity contribution is 5.92. The van der Waals surface area contributed by atoms with Crippen LogP contribution in [0.2, 0.25) is 0 Å². The molecule has 5 nitrogen and oxygen atoms in total. The Bertz CT molecular complexity index is 762. The third kappa shape index (κ3) is 9.31. The number of hydrogen-bond donors (Lipinski definition) is 2. The van der Waals surface area contributed by atoms with Crippen molar-refractivity contribution in [2.45, 2.75) is 53.5 Å². The molecule has 0 fully saturated rings. The molecule has 0 spiro atoms. The fourth-order valence-corrected chi connectivity index (χ4v) is 3.12. The molecule has 166 valence electrons. The van der Waals surface area contributed by atoms with Crippen LogP contribution in [0.5, 0.6) is 5.75 Å². The zero-order valence-corrected chi connectivity index (χ0v) is 19.7. The number of carbonyl (C=O) groups excluding carboxylic acids is 1. The molecule has 0 saturated heterocycles. The van der Waals surface area contributed by atoms with Crippen molar-refractivity contribution in [1.82, 2.24) is 10.2 Å². The molecule has 1 aromatic rings. The van der Waals surface area contributed by atoms with Crippen LogP contribution in [0.3, 0.4) is 0 Å². The van der Waals surface area contributed by atoms with E-state index in [1.807, 2.05) is 51.6 Å². The molecule has 0 saturated carbocycles. The van der Waals surface area contributed by atoms with E-state index >= 15 is 0 Å².